The van der Waals surface area contributed by atoms with Gasteiger partial charge in [0.2, 0.25) is 0 Å². The molecule has 0 spiro atoms. The first kappa shape index (κ1) is 12.6. The third-order valence-electron chi connectivity index (χ3n) is 2.37. The number of hydrogen-bond acceptors (Lipinski definition) is 2. The van der Waals surface area contributed by atoms with Gasteiger partial charge in [0.1, 0.15) is 5.82 Å². The Balaban J connectivity index is 2.92. The standard InChI is InChI=1S/C11H16BrFN2/c1-7-5-8(12)6-9(11(7)13)10(15)3-2-4-14/h5-6,10H,2-4,14-15H2,1H3/t10-/m1/s1. The summed E-state index contributed by atoms with van der Waals surface area (Å²) in [4.78, 5) is 0. The van der Waals surface area contributed by atoms with Crippen LogP contribution in [-0.2, 0) is 0 Å². The molecule has 0 aliphatic heterocycles. The summed E-state index contributed by atoms with van der Waals surface area (Å²) < 4.78 is 14.6. The van der Waals surface area contributed by atoms with Gasteiger partial charge in [0.05, 0.1) is 0 Å². The molecule has 0 aliphatic rings. The fourth-order valence-corrected chi connectivity index (χ4v) is 2.10. The zero-order valence-electron chi connectivity index (χ0n) is 8.76. The molecule has 0 amide bonds. The molecular weight excluding hydrogens is 259 g/mol. The summed E-state index contributed by atoms with van der Waals surface area (Å²) in [5.41, 5.74) is 12.5. The van der Waals surface area contributed by atoms with Crippen molar-refractivity contribution in [3.8, 4) is 0 Å². The SMILES string of the molecule is Cc1cc(Br)cc([C@H](N)CCCN)c1F. The topological polar surface area (TPSA) is 52.0 Å². The van der Waals surface area contributed by atoms with E-state index in [1.165, 1.54) is 0 Å². The lowest BCUT2D eigenvalue weighted by Crippen LogP contribution is -2.14. The molecule has 1 aromatic carbocycles. The summed E-state index contributed by atoms with van der Waals surface area (Å²) >= 11 is 3.34. The van der Waals surface area contributed by atoms with Crippen molar-refractivity contribution in [2.75, 3.05) is 6.54 Å². The van der Waals surface area contributed by atoms with Gasteiger partial charge >= 0.3 is 0 Å². The quantitative estimate of drug-likeness (QED) is 0.887. The van der Waals surface area contributed by atoms with Crippen LogP contribution in [-0.4, -0.2) is 6.54 Å². The summed E-state index contributed by atoms with van der Waals surface area (Å²) in [6.45, 7) is 2.32. The van der Waals surface area contributed by atoms with Crippen LogP contribution in [0.4, 0.5) is 4.39 Å². The van der Waals surface area contributed by atoms with E-state index in [0.29, 0.717) is 24.1 Å². The van der Waals surface area contributed by atoms with Gasteiger partial charge in [-0.15, -0.1) is 0 Å². The van der Waals surface area contributed by atoms with E-state index >= 15 is 0 Å². The predicted molar refractivity (Wildman–Crippen MR) is 64.1 cm³/mol. The number of nitrogens with two attached hydrogens (primary N) is 2. The lowest BCUT2D eigenvalue weighted by Gasteiger charge is -2.14. The van der Waals surface area contributed by atoms with Crippen LogP contribution in [0.15, 0.2) is 16.6 Å². The average Bonchev–Trinajstić information content (AvgIpc) is 2.19. The van der Waals surface area contributed by atoms with Crippen molar-refractivity contribution >= 4 is 15.9 Å². The van der Waals surface area contributed by atoms with E-state index in [1.54, 1.807) is 19.1 Å². The van der Waals surface area contributed by atoms with Gasteiger partial charge in [0, 0.05) is 16.1 Å². The second kappa shape index (κ2) is 5.58. The van der Waals surface area contributed by atoms with E-state index in [0.717, 1.165) is 10.9 Å². The van der Waals surface area contributed by atoms with Crippen molar-refractivity contribution in [2.24, 2.45) is 11.5 Å². The molecular formula is C11H16BrFN2. The smallest absolute Gasteiger partial charge is 0.130 e. The first-order valence-electron chi connectivity index (χ1n) is 4.97. The van der Waals surface area contributed by atoms with Gasteiger partial charge in [-0.2, -0.15) is 0 Å². The van der Waals surface area contributed by atoms with E-state index in [2.05, 4.69) is 15.9 Å². The summed E-state index contributed by atoms with van der Waals surface area (Å²) in [6, 6.07) is 3.21. The fraction of sp³-hybridized carbons (Fsp3) is 0.455. The highest BCUT2D eigenvalue weighted by Crippen LogP contribution is 2.25. The Kier molecular flexibility index (Phi) is 4.70. The molecule has 0 saturated heterocycles. The summed E-state index contributed by atoms with van der Waals surface area (Å²) in [5.74, 6) is -0.206. The van der Waals surface area contributed by atoms with Crippen molar-refractivity contribution in [2.45, 2.75) is 25.8 Å². The molecule has 0 heterocycles. The van der Waals surface area contributed by atoms with E-state index in [-0.39, 0.29) is 11.9 Å². The number of hydrogen-bond donors (Lipinski definition) is 2. The lowest BCUT2D eigenvalue weighted by atomic mass is 10.0. The molecule has 1 rings (SSSR count). The Morgan fingerprint density at radius 3 is 2.73 bits per heavy atom. The first-order chi connectivity index (χ1) is 7.06. The van der Waals surface area contributed by atoms with Gasteiger partial charge in [0.25, 0.3) is 0 Å². The van der Waals surface area contributed by atoms with Crippen molar-refractivity contribution in [3.63, 3.8) is 0 Å². The van der Waals surface area contributed by atoms with Crippen molar-refractivity contribution in [3.05, 3.63) is 33.5 Å². The molecule has 4 heteroatoms. The van der Waals surface area contributed by atoms with Crippen molar-refractivity contribution in [1.29, 1.82) is 0 Å². The van der Waals surface area contributed by atoms with E-state index in [1.807, 2.05) is 0 Å². The number of rotatable bonds is 4. The Morgan fingerprint density at radius 1 is 1.47 bits per heavy atom. The second-order valence-electron chi connectivity index (χ2n) is 3.66. The zero-order chi connectivity index (χ0) is 11.4. The monoisotopic (exact) mass is 274 g/mol. The minimum absolute atomic E-state index is 0.206. The fourth-order valence-electron chi connectivity index (χ4n) is 1.51. The second-order valence-corrected chi connectivity index (χ2v) is 4.58. The van der Waals surface area contributed by atoms with Gasteiger partial charge < -0.3 is 11.5 Å². The summed E-state index contributed by atoms with van der Waals surface area (Å²) in [7, 11) is 0. The van der Waals surface area contributed by atoms with E-state index in [9.17, 15) is 4.39 Å². The molecule has 0 unspecified atom stereocenters. The first-order valence-corrected chi connectivity index (χ1v) is 5.76. The molecule has 1 atom stereocenters. The molecule has 0 radical (unpaired) electrons. The Hall–Kier alpha value is -0.450. The van der Waals surface area contributed by atoms with Crippen LogP contribution in [0.2, 0.25) is 0 Å². The molecule has 0 saturated carbocycles. The van der Waals surface area contributed by atoms with E-state index in [4.69, 9.17) is 11.5 Å². The predicted octanol–water partition coefficient (Wildman–Crippen LogP) is 2.64. The highest BCUT2D eigenvalue weighted by Gasteiger charge is 2.13. The van der Waals surface area contributed by atoms with Crippen molar-refractivity contribution in [1.82, 2.24) is 0 Å². The number of aryl methyl sites for hydroxylation is 1. The molecule has 1 aromatic rings. The highest BCUT2D eigenvalue weighted by molar-refractivity contribution is 9.10. The normalized spacial score (nSPS) is 12.9. The Labute approximate surface area is 98.0 Å². The van der Waals surface area contributed by atoms with Gasteiger partial charge in [-0.3, -0.25) is 0 Å². The van der Waals surface area contributed by atoms with Crippen LogP contribution >= 0.6 is 15.9 Å². The van der Waals surface area contributed by atoms with Crippen LogP contribution in [0.3, 0.4) is 0 Å². The minimum Gasteiger partial charge on any atom is -0.330 e. The van der Waals surface area contributed by atoms with E-state index < -0.39 is 0 Å². The highest BCUT2D eigenvalue weighted by atomic mass is 79.9. The number of halogens is 2. The average molecular weight is 275 g/mol. The number of benzene rings is 1. The van der Waals surface area contributed by atoms with Gasteiger partial charge in [-0.1, -0.05) is 15.9 Å². The van der Waals surface area contributed by atoms with Gasteiger partial charge in [-0.05, 0) is 44.0 Å². The Bertz CT molecular complexity index is 342. The maximum absolute atomic E-state index is 13.7. The zero-order valence-corrected chi connectivity index (χ0v) is 10.3. The molecule has 15 heavy (non-hydrogen) atoms. The molecule has 0 aromatic heterocycles. The lowest BCUT2D eigenvalue weighted by molar-refractivity contribution is 0.548. The van der Waals surface area contributed by atoms with Crippen LogP contribution in [0.5, 0.6) is 0 Å². The molecule has 2 nitrogen and oxygen atoms in total. The molecule has 0 fully saturated rings. The maximum Gasteiger partial charge on any atom is 0.130 e. The maximum atomic E-state index is 13.7. The molecule has 4 N–H and O–H groups in total. The van der Waals surface area contributed by atoms with Crippen LogP contribution < -0.4 is 11.5 Å². The third-order valence-corrected chi connectivity index (χ3v) is 2.82. The van der Waals surface area contributed by atoms with Crippen molar-refractivity contribution < 1.29 is 4.39 Å². The molecule has 0 aliphatic carbocycles. The molecule has 84 valence electrons. The summed E-state index contributed by atoms with van der Waals surface area (Å²) in [6.07, 6.45) is 1.52. The van der Waals surface area contributed by atoms with Gasteiger partial charge in [0.15, 0.2) is 0 Å². The largest absolute Gasteiger partial charge is 0.330 e. The van der Waals surface area contributed by atoms with Gasteiger partial charge in [-0.25, -0.2) is 4.39 Å². The molecule has 0 bridgehead atoms. The third kappa shape index (κ3) is 3.26. The Morgan fingerprint density at radius 2 is 2.13 bits per heavy atom. The van der Waals surface area contributed by atoms with Crippen LogP contribution in [0.25, 0.3) is 0 Å². The summed E-state index contributed by atoms with van der Waals surface area (Å²) in [5, 5.41) is 0. The van der Waals surface area contributed by atoms with Crippen LogP contribution in [0.1, 0.15) is 30.0 Å². The minimum atomic E-state index is -0.273. The van der Waals surface area contributed by atoms with Crippen LogP contribution in [0, 0.1) is 12.7 Å².